The average Bonchev–Trinajstić information content (AvgIpc) is 2.69. The second-order valence-corrected chi connectivity index (χ2v) is 7.24. The molecule has 1 heterocycles. The molecule has 0 saturated carbocycles. The van der Waals surface area contributed by atoms with E-state index in [1.807, 2.05) is 0 Å². The third-order valence-corrected chi connectivity index (χ3v) is 5.35. The number of ether oxygens (including phenoxy) is 1. The van der Waals surface area contributed by atoms with E-state index in [9.17, 15) is 9.59 Å². The topological polar surface area (TPSA) is 49.9 Å². The lowest BCUT2D eigenvalue weighted by atomic mass is 10.1. The van der Waals surface area contributed by atoms with Crippen molar-refractivity contribution >= 4 is 46.6 Å². The van der Waals surface area contributed by atoms with Crippen LogP contribution in [0.2, 0.25) is 15.1 Å². The summed E-state index contributed by atoms with van der Waals surface area (Å²) in [5.74, 6) is 0.266. The predicted octanol–water partition coefficient (Wildman–Crippen LogP) is 4.01. The van der Waals surface area contributed by atoms with E-state index in [0.29, 0.717) is 47.5 Å². The zero-order chi connectivity index (χ0) is 19.4. The van der Waals surface area contributed by atoms with Crippen LogP contribution in [0.3, 0.4) is 0 Å². The van der Waals surface area contributed by atoms with Gasteiger partial charge in [-0.15, -0.1) is 0 Å². The first-order chi connectivity index (χ1) is 13.0. The lowest BCUT2D eigenvalue weighted by Gasteiger charge is -2.34. The third-order valence-electron chi connectivity index (χ3n) is 4.28. The molecule has 5 nitrogen and oxygen atoms in total. The van der Waals surface area contributed by atoms with Crippen LogP contribution in [0.4, 0.5) is 0 Å². The quantitative estimate of drug-likeness (QED) is 0.741. The minimum atomic E-state index is -0.188. The summed E-state index contributed by atoms with van der Waals surface area (Å²) in [6, 6.07) is 11.8. The fourth-order valence-corrected chi connectivity index (χ4v) is 3.27. The van der Waals surface area contributed by atoms with Gasteiger partial charge in [0.05, 0.1) is 15.6 Å². The van der Waals surface area contributed by atoms with E-state index >= 15 is 0 Å². The van der Waals surface area contributed by atoms with Crippen molar-refractivity contribution < 1.29 is 14.3 Å². The Balaban J connectivity index is 1.52. The van der Waals surface area contributed by atoms with Crippen LogP contribution in [0, 0.1) is 0 Å². The van der Waals surface area contributed by atoms with Gasteiger partial charge in [-0.1, -0.05) is 40.9 Å². The maximum atomic E-state index is 12.6. The van der Waals surface area contributed by atoms with Crippen molar-refractivity contribution in [3.8, 4) is 5.75 Å². The van der Waals surface area contributed by atoms with E-state index in [1.165, 1.54) is 0 Å². The summed E-state index contributed by atoms with van der Waals surface area (Å²) in [6.45, 7) is 1.66. The minimum absolute atomic E-state index is 0.0598. The fraction of sp³-hybridized carbons (Fsp3) is 0.263. The minimum Gasteiger partial charge on any atom is -0.484 e. The SMILES string of the molecule is O=C(COc1ccc(Cl)cc1)N1CCN(C(=O)c2cccc(Cl)c2Cl)CC1. The Morgan fingerprint density at radius 1 is 0.889 bits per heavy atom. The lowest BCUT2D eigenvalue weighted by Crippen LogP contribution is -2.51. The van der Waals surface area contributed by atoms with Crippen LogP contribution >= 0.6 is 34.8 Å². The van der Waals surface area contributed by atoms with Gasteiger partial charge in [0.15, 0.2) is 6.61 Å². The molecule has 27 heavy (non-hydrogen) atoms. The Bertz CT molecular complexity index is 835. The Morgan fingerprint density at radius 3 is 2.19 bits per heavy atom. The molecule has 1 fully saturated rings. The Labute approximate surface area is 172 Å². The highest BCUT2D eigenvalue weighted by Gasteiger charge is 2.26. The van der Waals surface area contributed by atoms with E-state index < -0.39 is 0 Å². The molecule has 2 aromatic rings. The molecule has 1 aliphatic rings. The summed E-state index contributed by atoms with van der Waals surface area (Å²) in [4.78, 5) is 28.3. The number of hydrogen-bond acceptors (Lipinski definition) is 3. The standard InChI is InChI=1S/C19H17Cl3N2O3/c20-13-4-6-14(7-5-13)27-12-17(25)23-8-10-24(11-9-23)19(26)15-2-1-3-16(21)18(15)22/h1-7H,8-12H2. The van der Waals surface area contributed by atoms with E-state index in [0.717, 1.165) is 0 Å². The van der Waals surface area contributed by atoms with Crippen LogP contribution in [0.1, 0.15) is 10.4 Å². The number of benzene rings is 2. The number of halogens is 3. The molecular weight excluding hydrogens is 411 g/mol. The molecule has 0 atom stereocenters. The normalized spacial score (nSPS) is 14.2. The molecule has 2 amide bonds. The second-order valence-electron chi connectivity index (χ2n) is 6.02. The van der Waals surface area contributed by atoms with E-state index in [4.69, 9.17) is 39.5 Å². The van der Waals surface area contributed by atoms with Gasteiger partial charge in [-0.3, -0.25) is 9.59 Å². The fourth-order valence-electron chi connectivity index (χ4n) is 2.77. The van der Waals surface area contributed by atoms with Crippen LogP contribution in [-0.2, 0) is 4.79 Å². The molecule has 0 unspecified atom stereocenters. The molecule has 0 bridgehead atoms. The summed E-state index contributed by atoms with van der Waals surface area (Å²) < 4.78 is 5.49. The molecular formula is C19H17Cl3N2O3. The lowest BCUT2D eigenvalue weighted by molar-refractivity contribution is -0.134. The number of carbonyl (C=O) groups is 2. The van der Waals surface area contributed by atoms with Crippen molar-refractivity contribution in [3.63, 3.8) is 0 Å². The van der Waals surface area contributed by atoms with E-state index in [-0.39, 0.29) is 23.4 Å². The first kappa shape index (κ1) is 19.8. The molecule has 0 aliphatic carbocycles. The smallest absolute Gasteiger partial charge is 0.260 e. The van der Waals surface area contributed by atoms with Crippen molar-refractivity contribution in [1.82, 2.24) is 9.80 Å². The number of hydrogen-bond donors (Lipinski definition) is 0. The highest BCUT2D eigenvalue weighted by Crippen LogP contribution is 2.26. The molecule has 3 rings (SSSR count). The summed E-state index contributed by atoms with van der Waals surface area (Å²) in [6.07, 6.45) is 0. The average molecular weight is 428 g/mol. The van der Waals surface area contributed by atoms with Crippen molar-refractivity contribution in [3.05, 3.63) is 63.1 Å². The Morgan fingerprint density at radius 2 is 1.52 bits per heavy atom. The Kier molecular flexibility index (Phi) is 6.47. The van der Waals surface area contributed by atoms with Crippen molar-refractivity contribution in [2.45, 2.75) is 0 Å². The number of carbonyl (C=O) groups excluding carboxylic acids is 2. The number of piperazine rings is 1. The number of amides is 2. The van der Waals surface area contributed by atoms with Crippen LogP contribution in [-0.4, -0.2) is 54.4 Å². The molecule has 1 aliphatic heterocycles. The van der Waals surface area contributed by atoms with Gasteiger partial charge in [0, 0.05) is 31.2 Å². The molecule has 8 heteroatoms. The zero-order valence-electron chi connectivity index (χ0n) is 14.3. The molecule has 2 aromatic carbocycles. The van der Waals surface area contributed by atoms with Crippen LogP contribution in [0.5, 0.6) is 5.75 Å². The zero-order valence-corrected chi connectivity index (χ0v) is 16.6. The third kappa shape index (κ3) is 4.86. The maximum Gasteiger partial charge on any atom is 0.260 e. The molecule has 1 saturated heterocycles. The summed E-state index contributed by atoms with van der Waals surface area (Å²) >= 11 is 17.9. The van der Waals surface area contributed by atoms with Crippen molar-refractivity contribution in [2.24, 2.45) is 0 Å². The highest BCUT2D eigenvalue weighted by molar-refractivity contribution is 6.43. The first-order valence-corrected chi connectivity index (χ1v) is 9.48. The summed E-state index contributed by atoms with van der Waals surface area (Å²) in [7, 11) is 0. The van der Waals surface area contributed by atoms with Gasteiger partial charge in [-0.2, -0.15) is 0 Å². The van der Waals surface area contributed by atoms with Crippen LogP contribution < -0.4 is 4.74 Å². The summed E-state index contributed by atoms with van der Waals surface area (Å²) in [5, 5.41) is 1.20. The van der Waals surface area contributed by atoms with Crippen LogP contribution in [0.25, 0.3) is 0 Å². The molecule has 0 radical (unpaired) electrons. The van der Waals surface area contributed by atoms with Gasteiger partial charge in [0.2, 0.25) is 0 Å². The molecule has 0 N–H and O–H groups in total. The van der Waals surface area contributed by atoms with Crippen molar-refractivity contribution in [1.29, 1.82) is 0 Å². The van der Waals surface area contributed by atoms with Gasteiger partial charge in [0.25, 0.3) is 11.8 Å². The van der Waals surface area contributed by atoms with Gasteiger partial charge in [0.1, 0.15) is 5.75 Å². The van der Waals surface area contributed by atoms with Gasteiger partial charge in [-0.25, -0.2) is 0 Å². The number of nitrogens with zero attached hydrogens (tertiary/aromatic N) is 2. The van der Waals surface area contributed by atoms with Gasteiger partial charge < -0.3 is 14.5 Å². The summed E-state index contributed by atoms with van der Waals surface area (Å²) in [5.41, 5.74) is 0.370. The Hall–Kier alpha value is -1.95. The van der Waals surface area contributed by atoms with Crippen molar-refractivity contribution in [2.75, 3.05) is 32.8 Å². The van der Waals surface area contributed by atoms with Gasteiger partial charge >= 0.3 is 0 Å². The monoisotopic (exact) mass is 426 g/mol. The maximum absolute atomic E-state index is 12.6. The van der Waals surface area contributed by atoms with E-state index in [2.05, 4.69) is 0 Å². The second kappa shape index (κ2) is 8.83. The first-order valence-electron chi connectivity index (χ1n) is 8.35. The van der Waals surface area contributed by atoms with Crippen LogP contribution in [0.15, 0.2) is 42.5 Å². The highest BCUT2D eigenvalue weighted by atomic mass is 35.5. The molecule has 0 aromatic heterocycles. The number of rotatable bonds is 4. The molecule has 0 spiro atoms. The van der Waals surface area contributed by atoms with Gasteiger partial charge in [-0.05, 0) is 36.4 Å². The molecule has 142 valence electrons. The van der Waals surface area contributed by atoms with E-state index in [1.54, 1.807) is 52.3 Å². The predicted molar refractivity (Wildman–Crippen MR) is 106 cm³/mol. The largest absolute Gasteiger partial charge is 0.484 e.